The van der Waals surface area contributed by atoms with Crippen molar-refractivity contribution in [3.8, 4) is 0 Å². The van der Waals surface area contributed by atoms with Crippen LogP contribution < -0.4 is 0 Å². The summed E-state index contributed by atoms with van der Waals surface area (Å²) in [6.45, 7) is 7.46. The molecule has 0 aromatic carbocycles. The Morgan fingerprint density at radius 3 is 2.69 bits per heavy atom. The zero-order valence-electron chi connectivity index (χ0n) is 15.0. The number of aromatic nitrogens is 1. The number of carbonyl (C=O) groups excluding carboxylic acids is 1. The summed E-state index contributed by atoms with van der Waals surface area (Å²) in [6, 6.07) is 1.10. The second-order valence-electron chi connectivity index (χ2n) is 8.53. The van der Waals surface area contributed by atoms with Crippen LogP contribution in [-0.2, 0) is 11.0 Å². The van der Waals surface area contributed by atoms with E-state index in [1.165, 1.54) is 0 Å². The molecular formula is C18H22ClF3N2OS. The van der Waals surface area contributed by atoms with E-state index in [2.05, 4.69) is 25.8 Å². The first-order chi connectivity index (χ1) is 11.9. The maximum Gasteiger partial charge on any atom is 0.417 e. The van der Waals surface area contributed by atoms with Crippen LogP contribution in [0, 0.1) is 10.8 Å². The molecule has 8 heteroatoms. The maximum absolute atomic E-state index is 12.7. The topological polar surface area (TPSA) is 33.2 Å². The minimum Gasteiger partial charge on any atom is -0.338 e. The van der Waals surface area contributed by atoms with E-state index < -0.39 is 11.7 Å². The molecule has 0 spiro atoms. The van der Waals surface area contributed by atoms with Gasteiger partial charge in [-0.1, -0.05) is 44.1 Å². The molecule has 1 aromatic heterocycles. The van der Waals surface area contributed by atoms with Gasteiger partial charge in [0.25, 0.3) is 0 Å². The van der Waals surface area contributed by atoms with Crippen molar-refractivity contribution in [3.05, 3.63) is 22.8 Å². The third-order valence-electron chi connectivity index (χ3n) is 5.20. The molecule has 2 fully saturated rings. The van der Waals surface area contributed by atoms with E-state index >= 15 is 0 Å². The summed E-state index contributed by atoms with van der Waals surface area (Å²) in [6.07, 6.45) is -0.625. The summed E-state index contributed by atoms with van der Waals surface area (Å²) < 4.78 is 38.0. The summed E-state index contributed by atoms with van der Waals surface area (Å²) in [4.78, 5) is 18.4. The van der Waals surface area contributed by atoms with Crippen molar-refractivity contribution in [2.24, 2.45) is 10.8 Å². The lowest BCUT2D eigenvalue weighted by atomic mass is 9.65. The molecule has 144 valence electrons. The van der Waals surface area contributed by atoms with E-state index in [0.29, 0.717) is 0 Å². The molecule has 2 bridgehead atoms. The molecule has 2 aliphatic rings. The van der Waals surface area contributed by atoms with Crippen molar-refractivity contribution < 1.29 is 18.0 Å². The third kappa shape index (κ3) is 4.14. The summed E-state index contributed by atoms with van der Waals surface area (Å²) in [5, 5.41) is 0.174. The molecular weight excluding hydrogens is 385 g/mol. The number of hydrogen-bond acceptors (Lipinski definition) is 3. The number of pyridine rings is 1. The van der Waals surface area contributed by atoms with Gasteiger partial charge in [-0.2, -0.15) is 13.2 Å². The monoisotopic (exact) mass is 406 g/mol. The molecule has 1 saturated heterocycles. The lowest BCUT2D eigenvalue weighted by Crippen LogP contribution is -2.38. The second-order valence-corrected chi connectivity index (χ2v) is 9.90. The third-order valence-corrected chi connectivity index (χ3v) is 6.59. The summed E-state index contributed by atoms with van der Waals surface area (Å²) in [7, 11) is 0. The van der Waals surface area contributed by atoms with Gasteiger partial charge in [0.2, 0.25) is 5.91 Å². The first-order valence-electron chi connectivity index (χ1n) is 8.54. The fraction of sp³-hybridized carbons (Fsp3) is 0.667. The molecule has 0 unspecified atom stereocenters. The van der Waals surface area contributed by atoms with Crippen LogP contribution in [0.4, 0.5) is 13.2 Å². The van der Waals surface area contributed by atoms with Gasteiger partial charge < -0.3 is 4.90 Å². The molecule has 2 heterocycles. The first-order valence-corrected chi connectivity index (χ1v) is 9.90. The molecule has 1 amide bonds. The molecule has 3 nitrogen and oxygen atoms in total. The van der Waals surface area contributed by atoms with Crippen LogP contribution in [0.1, 0.15) is 45.6 Å². The van der Waals surface area contributed by atoms with Crippen LogP contribution >= 0.6 is 23.4 Å². The van der Waals surface area contributed by atoms with E-state index in [1.807, 2.05) is 4.90 Å². The van der Waals surface area contributed by atoms with Crippen molar-refractivity contribution in [3.63, 3.8) is 0 Å². The highest BCUT2D eigenvalue weighted by Gasteiger charge is 2.50. The zero-order valence-corrected chi connectivity index (χ0v) is 16.6. The Labute approximate surface area is 160 Å². The van der Waals surface area contributed by atoms with Crippen LogP contribution in [-0.4, -0.2) is 34.1 Å². The van der Waals surface area contributed by atoms with Crippen molar-refractivity contribution in [1.82, 2.24) is 9.88 Å². The maximum atomic E-state index is 12.7. The standard InChI is InChI=1S/C18H22ClF3N2OS/c1-16(2)5-12-6-17(3,9-16)10-24(12)14(25)8-26-15-13(19)4-11(7-23-15)18(20,21)22/h4,7,12H,5-6,8-10H2,1-3H3/t12-,17+/m0/s1. The Bertz CT molecular complexity index is 725. The number of carbonyl (C=O) groups is 1. The minimum absolute atomic E-state index is 0.000750. The van der Waals surface area contributed by atoms with Crippen molar-refractivity contribution in [1.29, 1.82) is 0 Å². The van der Waals surface area contributed by atoms with E-state index in [-0.39, 0.29) is 38.6 Å². The molecule has 0 N–H and O–H groups in total. The molecule has 1 aliphatic carbocycles. The number of amides is 1. The average molecular weight is 407 g/mol. The average Bonchev–Trinajstić information content (AvgIpc) is 2.73. The molecule has 3 rings (SSSR count). The van der Waals surface area contributed by atoms with Crippen molar-refractivity contribution in [2.75, 3.05) is 12.3 Å². The highest BCUT2D eigenvalue weighted by molar-refractivity contribution is 8.00. The van der Waals surface area contributed by atoms with Crippen LogP contribution in [0.25, 0.3) is 0 Å². The Morgan fingerprint density at radius 1 is 1.38 bits per heavy atom. The summed E-state index contributed by atoms with van der Waals surface area (Å²) in [5.41, 5.74) is -0.517. The van der Waals surface area contributed by atoms with Gasteiger partial charge >= 0.3 is 6.18 Å². The lowest BCUT2D eigenvalue weighted by Gasteiger charge is -2.39. The van der Waals surface area contributed by atoms with Gasteiger partial charge in [-0.15, -0.1) is 0 Å². The fourth-order valence-corrected chi connectivity index (χ4v) is 5.73. The number of alkyl halides is 3. The molecule has 26 heavy (non-hydrogen) atoms. The predicted octanol–water partition coefficient (Wildman–Crippen LogP) is 5.27. The summed E-state index contributed by atoms with van der Waals surface area (Å²) >= 11 is 7.01. The largest absolute Gasteiger partial charge is 0.417 e. The minimum atomic E-state index is -4.48. The zero-order chi connectivity index (χ0) is 19.3. The van der Waals surface area contributed by atoms with Gasteiger partial charge in [-0.3, -0.25) is 4.79 Å². The van der Waals surface area contributed by atoms with Gasteiger partial charge in [-0.25, -0.2) is 4.98 Å². The van der Waals surface area contributed by atoms with Crippen molar-refractivity contribution in [2.45, 2.75) is 57.3 Å². The quantitative estimate of drug-likeness (QED) is 0.641. The van der Waals surface area contributed by atoms with Crippen molar-refractivity contribution >= 4 is 29.3 Å². The van der Waals surface area contributed by atoms with Crippen LogP contribution in [0.3, 0.4) is 0 Å². The van der Waals surface area contributed by atoms with Crippen LogP contribution in [0.15, 0.2) is 17.3 Å². The van der Waals surface area contributed by atoms with E-state index in [1.54, 1.807) is 0 Å². The van der Waals surface area contributed by atoms with E-state index in [0.717, 1.165) is 49.8 Å². The number of fused-ring (bicyclic) bond motifs is 2. The Kier molecular flexibility index (Phi) is 5.02. The number of nitrogens with zero attached hydrogens (tertiary/aromatic N) is 2. The van der Waals surface area contributed by atoms with Gasteiger partial charge in [-0.05, 0) is 36.2 Å². The van der Waals surface area contributed by atoms with Gasteiger partial charge in [0.1, 0.15) is 5.03 Å². The molecule has 0 radical (unpaired) electrons. The highest BCUT2D eigenvalue weighted by atomic mass is 35.5. The van der Waals surface area contributed by atoms with Gasteiger partial charge in [0.05, 0.1) is 16.3 Å². The molecule has 1 saturated carbocycles. The summed E-state index contributed by atoms with van der Waals surface area (Å²) in [5.74, 6) is 0.129. The number of rotatable bonds is 3. The lowest BCUT2D eigenvalue weighted by molar-refractivity contribution is -0.138. The Morgan fingerprint density at radius 2 is 2.08 bits per heavy atom. The number of likely N-dealkylation sites (tertiary alicyclic amines) is 1. The molecule has 1 aromatic rings. The predicted molar refractivity (Wildman–Crippen MR) is 96.2 cm³/mol. The van der Waals surface area contributed by atoms with Crippen LogP contribution in [0.2, 0.25) is 5.02 Å². The van der Waals surface area contributed by atoms with E-state index in [9.17, 15) is 18.0 Å². The number of hydrogen-bond donors (Lipinski definition) is 0. The normalized spacial score (nSPS) is 27.7. The second kappa shape index (κ2) is 6.59. The molecule has 2 atom stereocenters. The highest BCUT2D eigenvalue weighted by Crippen LogP contribution is 2.52. The van der Waals surface area contributed by atoms with Gasteiger partial charge in [0.15, 0.2) is 0 Å². The van der Waals surface area contributed by atoms with Gasteiger partial charge in [0, 0.05) is 18.8 Å². The van der Waals surface area contributed by atoms with E-state index in [4.69, 9.17) is 11.6 Å². The Hall–Kier alpha value is -0.950. The fourth-order valence-electron chi connectivity index (χ4n) is 4.65. The number of thioether (sulfide) groups is 1. The SMILES string of the molecule is CC1(C)C[C@H]2C[C@@](C)(CN2C(=O)CSc2ncc(C(F)(F)F)cc2Cl)C1. The number of halogens is 4. The smallest absolute Gasteiger partial charge is 0.338 e. The Balaban J connectivity index is 1.65. The first kappa shape index (κ1) is 19.8. The molecule has 1 aliphatic heterocycles. The van der Waals surface area contributed by atoms with Crippen LogP contribution in [0.5, 0.6) is 0 Å².